The van der Waals surface area contributed by atoms with Crippen molar-refractivity contribution in [1.82, 2.24) is 0 Å². The van der Waals surface area contributed by atoms with Gasteiger partial charge in [-0.3, -0.25) is 4.79 Å². The smallest absolute Gasteiger partial charge is 0.338 e. The molecule has 0 fully saturated rings. The second-order valence-electron chi connectivity index (χ2n) is 4.56. The standard InChI is InChI=1S/C17H13FN2O3/c1-2-23-17(22)12-4-3-5-13(9-12)20-16(21)14-7-6-11(10-19)8-15(14)18/h3-9H,2H2,1H3,(H,20,21). The Hall–Kier alpha value is -3.20. The number of carbonyl (C=O) groups is 2. The third-order valence-electron chi connectivity index (χ3n) is 2.97. The van der Waals surface area contributed by atoms with Crippen LogP contribution >= 0.6 is 0 Å². The van der Waals surface area contributed by atoms with Crippen LogP contribution in [0.3, 0.4) is 0 Å². The average molecular weight is 312 g/mol. The molecule has 116 valence electrons. The van der Waals surface area contributed by atoms with Crippen molar-refractivity contribution >= 4 is 17.6 Å². The van der Waals surface area contributed by atoms with Gasteiger partial charge >= 0.3 is 5.97 Å². The van der Waals surface area contributed by atoms with E-state index in [9.17, 15) is 14.0 Å². The third-order valence-corrected chi connectivity index (χ3v) is 2.97. The van der Waals surface area contributed by atoms with E-state index in [1.54, 1.807) is 31.2 Å². The Morgan fingerprint density at radius 1 is 1.26 bits per heavy atom. The van der Waals surface area contributed by atoms with Crippen molar-refractivity contribution in [3.8, 4) is 6.07 Å². The molecule has 0 atom stereocenters. The van der Waals surface area contributed by atoms with E-state index in [1.807, 2.05) is 0 Å². The number of anilines is 1. The molecule has 0 aliphatic carbocycles. The summed E-state index contributed by atoms with van der Waals surface area (Å²) >= 11 is 0. The van der Waals surface area contributed by atoms with Gasteiger partial charge in [-0.25, -0.2) is 9.18 Å². The van der Waals surface area contributed by atoms with E-state index in [2.05, 4.69) is 5.32 Å². The monoisotopic (exact) mass is 312 g/mol. The Morgan fingerprint density at radius 3 is 2.70 bits per heavy atom. The van der Waals surface area contributed by atoms with E-state index >= 15 is 0 Å². The molecule has 23 heavy (non-hydrogen) atoms. The van der Waals surface area contributed by atoms with E-state index in [0.717, 1.165) is 6.07 Å². The zero-order chi connectivity index (χ0) is 16.8. The molecule has 2 aromatic carbocycles. The molecule has 5 nitrogen and oxygen atoms in total. The lowest BCUT2D eigenvalue weighted by molar-refractivity contribution is 0.0526. The maximum Gasteiger partial charge on any atom is 0.338 e. The van der Waals surface area contributed by atoms with Crippen LogP contribution in [0.1, 0.15) is 33.2 Å². The molecule has 0 aliphatic rings. The van der Waals surface area contributed by atoms with Crippen LogP contribution in [-0.4, -0.2) is 18.5 Å². The van der Waals surface area contributed by atoms with Gasteiger partial charge < -0.3 is 10.1 Å². The van der Waals surface area contributed by atoms with Gasteiger partial charge in [-0.2, -0.15) is 5.26 Å². The Labute approximate surface area is 132 Å². The number of halogens is 1. The highest BCUT2D eigenvalue weighted by atomic mass is 19.1. The number of nitriles is 1. The highest BCUT2D eigenvalue weighted by Crippen LogP contribution is 2.15. The fourth-order valence-electron chi connectivity index (χ4n) is 1.91. The van der Waals surface area contributed by atoms with Crippen molar-refractivity contribution in [2.24, 2.45) is 0 Å². The van der Waals surface area contributed by atoms with E-state index < -0.39 is 17.7 Å². The Kier molecular flexibility index (Phi) is 5.05. The average Bonchev–Trinajstić information content (AvgIpc) is 2.55. The molecule has 6 heteroatoms. The predicted molar refractivity (Wildman–Crippen MR) is 81.5 cm³/mol. The van der Waals surface area contributed by atoms with Gasteiger partial charge in [0, 0.05) is 5.69 Å². The van der Waals surface area contributed by atoms with Crippen molar-refractivity contribution in [3.05, 3.63) is 65.0 Å². The number of benzene rings is 2. The number of ether oxygens (including phenoxy) is 1. The number of hydrogen-bond donors (Lipinski definition) is 1. The summed E-state index contributed by atoms with van der Waals surface area (Å²) in [5.41, 5.74) is 0.558. The summed E-state index contributed by atoms with van der Waals surface area (Å²) in [5.74, 6) is -1.97. The van der Waals surface area contributed by atoms with Crippen molar-refractivity contribution < 1.29 is 18.7 Å². The van der Waals surface area contributed by atoms with Gasteiger partial charge in [-0.05, 0) is 43.3 Å². The fraction of sp³-hybridized carbons (Fsp3) is 0.118. The first kappa shape index (κ1) is 16.2. The summed E-state index contributed by atoms with van der Waals surface area (Å²) in [6, 6.07) is 11.5. The van der Waals surface area contributed by atoms with Crippen LogP contribution < -0.4 is 5.32 Å². The fourth-order valence-corrected chi connectivity index (χ4v) is 1.91. The van der Waals surface area contributed by atoms with Crippen LogP contribution in [0.25, 0.3) is 0 Å². The van der Waals surface area contributed by atoms with Gasteiger partial charge in [0.1, 0.15) is 5.82 Å². The van der Waals surface area contributed by atoms with Gasteiger partial charge in [0.05, 0.1) is 29.4 Å². The summed E-state index contributed by atoms with van der Waals surface area (Å²) in [5, 5.41) is 11.2. The van der Waals surface area contributed by atoms with Crippen LogP contribution in [0.4, 0.5) is 10.1 Å². The minimum Gasteiger partial charge on any atom is -0.462 e. The lowest BCUT2D eigenvalue weighted by Gasteiger charge is -2.08. The highest BCUT2D eigenvalue weighted by Gasteiger charge is 2.14. The van der Waals surface area contributed by atoms with Gasteiger partial charge in [0.15, 0.2) is 0 Å². The van der Waals surface area contributed by atoms with Crippen LogP contribution in [0.5, 0.6) is 0 Å². The molecule has 0 spiro atoms. The van der Waals surface area contributed by atoms with Crippen molar-refractivity contribution in [3.63, 3.8) is 0 Å². The summed E-state index contributed by atoms with van der Waals surface area (Å²) < 4.78 is 18.7. The summed E-state index contributed by atoms with van der Waals surface area (Å²) in [4.78, 5) is 23.7. The molecule has 0 aliphatic heterocycles. The number of hydrogen-bond acceptors (Lipinski definition) is 4. The van der Waals surface area contributed by atoms with Crippen LogP contribution in [0.2, 0.25) is 0 Å². The van der Waals surface area contributed by atoms with E-state index in [-0.39, 0.29) is 23.3 Å². The molecule has 0 saturated carbocycles. The second-order valence-corrected chi connectivity index (χ2v) is 4.56. The number of amides is 1. The highest BCUT2D eigenvalue weighted by molar-refractivity contribution is 6.05. The number of rotatable bonds is 4. The van der Waals surface area contributed by atoms with Crippen LogP contribution in [-0.2, 0) is 4.74 Å². The topological polar surface area (TPSA) is 79.2 Å². The molecule has 0 aromatic heterocycles. The SMILES string of the molecule is CCOC(=O)c1cccc(NC(=O)c2ccc(C#N)cc2F)c1. The second kappa shape index (κ2) is 7.18. The first-order valence-electron chi connectivity index (χ1n) is 6.83. The molecule has 1 N–H and O–H groups in total. The Balaban J connectivity index is 2.19. The molecule has 0 heterocycles. The maximum absolute atomic E-state index is 13.8. The zero-order valence-corrected chi connectivity index (χ0v) is 12.3. The van der Waals surface area contributed by atoms with E-state index in [0.29, 0.717) is 5.69 Å². The van der Waals surface area contributed by atoms with Gasteiger partial charge in [0.25, 0.3) is 5.91 Å². The first-order chi connectivity index (χ1) is 11.0. The predicted octanol–water partition coefficient (Wildman–Crippen LogP) is 3.13. The number of nitrogens with zero attached hydrogens (tertiary/aromatic N) is 1. The van der Waals surface area contributed by atoms with Crippen molar-refractivity contribution in [2.75, 3.05) is 11.9 Å². The quantitative estimate of drug-likeness (QED) is 0.880. The molecular weight excluding hydrogens is 299 g/mol. The van der Waals surface area contributed by atoms with Gasteiger partial charge in [-0.15, -0.1) is 0 Å². The molecule has 1 amide bonds. The van der Waals surface area contributed by atoms with E-state index in [4.69, 9.17) is 10.00 Å². The molecule has 0 unspecified atom stereocenters. The Morgan fingerprint density at radius 2 is 2.04 bits per heavy atom. The number of nitrogens with one attached hydrogen (secondary N) is 1. The zero-order valence-electron chi connectivity index (χ0n) is 12.3. The van der Waals surface area contributed by atoms with Gasteiger partial charge in [-0.1, -0.05) is 6.07 Å². The summed E-state index contributed by atoms with van der Waals surface area (Å²) in [6.45, 7) is 1.93. The van der Waals surface area contributed by atoms with Crippen LogP contribution in [0.15, 0.2) is 42.5 Å². The number of carbonyl (C=O) groups excluding carboxylic acids is 2. The summed E-state index contributed by atoms with van der Waals surface area (Å²) in [7, 11) is 0. The van der Waals surface area contributed by atoms with Crippen LogP contribution in [0, 0.1) is 17.1 Å². The third kappa shape index (κ3) is 3.92. The number of esters is 1. The molecule has 0 saturated heterocycles. The van der Waals surface area contributed by atoms with Crippen molar-refractivity contribution in [1.29, 1.82) is 5.26 Å². The molecule has 2 aromatic rings. The minimum absolute atomic E-state index is 0.128. The Bertz CT molecular complexity index is 797. The molecule has 0 radical (unpaired) electrons. The normalized spacial score (nSPS) is 9.78. The molecule has 0 bridgehead atoms. The first-order valence-corrected chi connectivity index (χ1v) is 6.83. The largest absolute Gasteiger partial charge is 0.462 e. The summed E-state index contributed by atoms with van der Waals surface area (Å²) in [6.07, 6.45) is 0. The van der Waals surface area contributed by atoms with E-state index in [1.165, 1.54) is 18.2 Å². The molecule has 2 rings (SSSR count). The van der Waals surface area contributed by atoms with Crippen molar-refractivity contribution in [2.45, 2.75) is 6.92 Å². The minimum atomic E-state index is -0.789. The van der Waals surface area contributed by atoms with Gasteiger partial charge in [0.2, 0.25) is 0 Å². The maximum atomic E-state index is 13.8. The lowest BCUT2D eigenvalue weighted by Crippen LogP contribution is -2.14. The molecular formula is C17H13FN2O3. The lowest BCUT2D eigenvalue weighted by atomic mass is 10.1.